The van der Waals surface area contributed by atoms with E-state index >= 15 is 0 Å². The molecule has 138 valence electrons. The maximum atomic E-state index is 12.0. The number of ether oxygens (including phenoxy) is 3. The van der Waals surface area contributed by atoms with Gasteiger partial charge in [-0.15, -0.1) is 0 Å². The second kappa shape index (κ2) is 10.6. The number of methoxy groups -OCH3 is 2. The molecule has 1 aliphatic carbocycles. The monoisotopic (exact) mass is 340 g/mol. The normalized spacial score (nSPS) is 17.9. The van der Waals surface area contributed by atoms with E-state index in [9.17, 15) is 9.59 Å². The lowest BCUT2D eigenvalue weighted by molar-refractivity contribution is -0.212. The van der Waals surface area contributed by atoms with Gasteiger partial charge in [-0.05, 0) is 44.8 Å². The molecule has 0 saturated carbocycles. The Bertz CT molecular complexity index is 439. The molecule has 0 amide bonds. The van der Waals surface area contributed by atoms with Gasteiger partial charge in [0.05, 0.1) is 13.2 Å². The van der Waals surface area contributed by atoms with Crippen LogP contribution in [0.15, 0.2) is 11.6 Å². The van der Waals surface area contributed by atoms with Crippen molar-refractivity contribution in [2.75, 3.05) is 14.2 Å². The number of rotatable bonds is 12. The van der Waals surface area contributed by atoms with Gasteiger partial charge in [-0.1, -0.05) is 25.7 Å². The Labute approximate surface area is 145 Å². The summed E-state index contributed by atoms with van der Waals surface area (Å²) in [5, 5.41) is 0. The van der Waals surface area contributed by atoms with Crippen molar-refractivity contribution in [3.8, 4) is 0 Å². The maximum absolute atomic E-state index is 12.0. The Morgan fingerprint density at radius 2 is 1.75 bits per heavy atom. The van der Waals surface area contributed by atoms with Crippen molar-refractivity contribution in [2.24, 2.45) is 0 Å². The number of carbonyl (C=O) groups excluding carboxylic acids is 2. The van der Waals surface area contributed by atoms with Crippen LogP contribution in [0.2, 0.25) is 0 Å². The molecule has 1 atom stereocenters. The summed E-state index contributed by atoms with van der Waals surface area (Å²) in [4.78, 5) is 23.0. The first-order chi connectivity index (χ1) is 11.4. The predicted octanol–water partition coefficient (Wildman–Crippen LogP) is 3.95. The van der Waals surface area contributed by atoms with E-state index in [4.69, 9.17) is 9.47 Å². The van der Waals surface area contributed by atoms with Crippen molar-refractivity contribution in [1.82, 2.24) is 0 Å². The number of ketones is 1. The molecular formula is C19H32O5. The molecule has 0 aromatic rings. The minimum atomic E-state index is -0.666. The van der Waals surface area contributed by atoms with Gasteiger partial charge in [0.15, 0.2) is 11.6 Å². The maximum Gasteiger partial charge on any atom is 0.305 e. The van der Waals surface area contributed by atoms with Crippen LogP contribution in [-0.2, 0) is 23.8 Å². The van der Waals surface area contributed by atoms with Gasteiger partial charge in [0, 0.05) is 20.0 Å². The number of Topliss-reactive ketones (excluding diaryl/α,β-unsaturated/α-hetero) is 1. The molecule has 1 aliphatic rings. The van der Waals surface area contributed by atoms with Crippen LogP contribution in [0.5, 0.6) is 0 Å². The summed E-state index contributed by atoms with van der Waals surface area (Å²) in [7, 11) is 3.03. The van der Waals surface area contributed by atoms with Crippen LogP contribution in [0.1, 0.15) is 71.6 Å². The van der Waals surface area contributed by atoms with Crippen molar-refractivity contribution in [3.05, 3.63) is 11.6 Å². The standard InChI is InChI=1S/C19H32O5/c1-19(2,23-4)24-16-13-15(17(20)14-16)11-9-7-5-6-8-10-12-18(21)22-3/h13,16H,5-12,14H2,1-4H3. The smallest absolute Gasteiger partial charge is 0.305 e. The second-order valence-corrected chi connectivity index (χ2v) is 6.78. The van der Waals surface area contributed by atoms with E-state index in [2.05, 4.69) is 4.74 Å². The largest absolute Gasteiger partial charge is 0.469 e. The minimum Gasteiger partial charge on any atom is -0.469 e. The summed E-state index contributed by atoms with van der Waals surface area (Å²) in [5.74, 6) is -0.596. The SMILES string of the molecule is COC(=O)CCCCCCCCC1=CC(OC(C)(C)OC)CC1=O. The average Bonchev–Trinajstić information content (AvgIpc) is 2.88. The molecular weight excluding hydrogens is 308 g/mol. The molecule has 0 aromatic carbocycles. The van der Waals surface area contributed by atoms with Crippen LogP contribution in [-0.4, -0.2) is 37.9 Å². The minimum absolute atomic E-state index is 0.130. The lowest BCUT2D eigenvalue weighted by Crippen LogP contribution is -2.31. The van der Waals surface area contributed by atoms with Crippen molar-refractivity contribution in [1.29, 1.82) is 0 Å². The van der Waals surface area contributed by atoms with Crippen molar-refractivity contribution in [3.63, 3.8) is 0 Å². The number of esters is 1. The van der Waals surface area contributed by atoms with E-state index < -0.39 is 5.79 Å². The number of carbonyl (C=O) groups is 2. The third kappa shape index (κ3) is 8.06. The van der Waals surface area contributed by atoms with Crippen LogP contribution in [0.25, 0.3) is 0 Å². The molecule has 0 spiro atoms. The highest BCUT2D eigenvalue weighted by molar-refractivity contribution is 5.98. The zero-order valence-electron chi connectivity index (χ0n) is 15.6. The zero-order valence-corrected chi connectivity index (χ0v) is 15.6. The fourth-order valence-electron chi connectivity index (χ4n) is 2.80. The van der Waals surface area contributed by atoms with Gasteiger partial charge in [-0.3, -0.25) is 9.59 Å². The Hall–Kier alpha value is -1.20. The molecule has 1 rings (SSSR count). The molecule has 5 nitrogen and oxygen atoms in total. The van der Waals surface area contributed by atoms with Gasteiger partial charge in [0.1, 0.15) is 0 Å². The third-order valence-corrected chi connectivity index (χ3v) is 4.36. The summed E-state index contributed by atoms with van der Waals surface area (Å²) in [6.45, 7) is 3.70. The van der Waals surface area contributed by atoms with Gasteiger partial charge in [-0.25, -0.2) is 0 Å². The number of hydrogen-bond acceptors (Lipinski definition) is 5. The van der Waals surface area contributed by atoms with Crippen LogP contribution < -0.4 is 0 Å². The zero-order chi connectivity index (χ0) is 18.0. The second-order valence-electron chi connectivity index (χ2n) is 6.78. The van der Waals surface area contributed by atoms with E-state index in [1.165, 1.54) is 7.11 Å². The van der Waals surface area contributed by atoms with E-state index in [0.717, 1.165) is 50.5 Å². The van der Waals surface area contributed by atoms with E-state index in [0.29, 0.717) is 12.8 Å². The lowest BCUT2D eigenvalue weighted by atomic mass is 10.0. The molecule has 24 heavy (non-hydrogen) atoms. The van der Waals surface area contributed by atoms with E-state index in [1.54, 1.807) is 7.11 Å². The number of allylic oxidation sites excluding steroid dienone is 1. The fourth-order valence-corrected chi connectivity index (χ4v) is 2.80. The topological polar surface area (TPSA) is 61.8 Å². The van der Waals surface area contributed by atoms with Gasteiger partial charge < -0.3 is 14.2 Å². The first kappa shape index (κ1) is 20.8. The molecule has 0 saturated heterocycles. The third-order valence-electron chi connectivity index (χ3n) is 4.36. The quantitative estimate of drug-likeness (QED) is 0.306. The highest BCUT2D eigenvalue weighted by Crippen LogP contribution is 2.26. The highest BCUT2D eigenvalue weighted by atomic mass is 16.7. The van der Waals surface area contributed by atoms with E-state index in [1.807, 2.05) is 19.9 Å². The molecule has 0 fully saturated rings. The molecule has 0 bridgehead atoms. The summed E-state index contributed by atoms with van der Waals surface area (Å²) in [5.41, 5.74) is 0.901. The van der Waals surface area contributed by atoms with Gasteiger partial charge in [-0.2, -0.15) is 0 Å². The van der Waals surface area contributed by atoms with Gasteiger partial charge in [0.2, 0.25) is 0 Å². The first-order valence-corrected chi connectivity index (χ1v) is 8.91. The number of unbranched alkanes of at least 4 members (excludes halogenated alkanes) is 5. The van der Waals surface area contributed by atoms with Crippen LogP contribution in [0, 0.1) is 0 Å². The van der Waals surface area contributed by atoms with Crippen molar-refractivity contribution in [2.45, 2.75) is 83.5 Å². The Morgan fingerprint density at radius 3 is 2.38 bits per heavy atom. The lowest BCUT2D eigenvalue weighted by Gasteiger charge is -2.26. The molecule has 5 heteroatoms. The predicted molar refractivity (Wildman–Crippen MR) is 92.6 cm³/mol. The molecule has 1 unspecified atom stereocenters. The number of hydrogen-bond donors (Lipinski definition) is 0. The molecule has 0 heterocycles. The highest BCUT2D eigenvalue weighted by Gasteiger charge is 2.29. The summed E-state index contributed by atoms with van der Waals surface area (Å²) < 4.78 is 15.7. The molecule has 0 N–H and O–H groups in total. The first-order valence-electron chi connectivity index (χ1n) is 8.91. The summed E-state index contributed by atoms with van der Waals surface area (Å²) >= 11 is 0. The Balaban J connectivity index is 2.14. The summed E-state index contributed by atoms with van der Waals surface area (Å²) in [6, 6.07) is 0. The van der Waals surface area contributed by atoms with E-state index in [-0.39, 0.29) is 17.9 Å². The van der Waals surface area contributed by atoms with Crippen molar-refractivity contribution < 1.29 is 23.8 Å². The Kier molecular flexibility index (Phi) is 9.22. The molecule has 0 aromatic heterocycles. The van der Waals surface area contributed by atoms with Crippen LogP contribution >= 0.6 is 0 Å². The van der Waals surface area contributed by atoms with Gasteiger partial charge >= 0.3 is 5.97 Å². The van der Waals surface area contributed by atoms with Crippen LogP contribution in [0.3, 0.4) is 0 Å². The van der Waals surface area contributed by atoms with Crippen LogP contribution in [0.4, 0.5) is 0 Å². The fraction of sp³-hybridized carbons (Fsp3) is 0.789. The summed E-state index contributed by atoms with van der Waals surface area (Å²) in [6.07, 6.45) is 9.90. The molecule has 0 aliphatic heterocycles. The van der Waals surface area contributed by atoms with Crippen molar-refractivity contribution >= 4 is 11.8 Å². The Morgan fingerprint density at radius 1 is 1.12 bits per heavy atom. The average molecular weight is 340 g/mol. The molecule has 0 radical (unpaired) electrons. The van der Waals surface area contributed by atoms with Gasteiger partial charge in [0.25, 0.3) is 0 Å².